The van der Waals surface area contributed by atoms with Gasteiger partial charge in [0.2, 0.25) is 0 Å². The first-order valence-electron chi connectivity index (χ1n) is 8.80. The Labute approximate surface area is 126 Å². The number of rotatable bonds is 1. The number of amides is 1. The topological polar surface area (TPSA) is 53.5 Å². The van der Waals surface area contributed by atoms with Crippen molar-refractivity contribution in [3.8, 4) is 0 Å². The minimum atomic E-state index is -0.427. The third-order valence-electron chi connectivity index (χ3n) is 6.95. The molecule has 4 bridgehead atoms. The van der Waals surface area contributed by atoms with Crippen LogP contribution in [-0.4, -0.2) is 30.4 Å². The molecule has 4 aliphatic carbocycles. The predicted molar refractivity (Wildman–Crippen MR) is 81.0 cm³/mol. The molecule has 4 nitrogen and oxygen atoms in total. The van der Waals surface area contributed by atoms with Crippen LogP contribution in [0, 0.1) is 23.2 Å². The van der Waals surface area contributed by atoms with Crippen LogP contribution < -0.4 is 10.6 Å². The fourth-order valence-corrected chi connectivity index (χ4v) is 6.35. The normalized spacial score (nSPS) is 46.8. The fraction of sp³-hybridized carbons (Fsp3) is 0.882. The van der Waals surface area contributed by atoms with E-state index in [1.807, 2.05) is 0 Å². The Hall–Kier alpha value is -0.900. The minimum Gasteiger partial charge on any atom is -0.317 e. The predicted octanol–water partition coefficient (Wildman–Crippen LogP) is 1.85. The van der Waals surface area contributed by atoms with Gasteiger partial charge in [0.05, 0.1) is 0 Å². The van der Waals surface area contributed by atoms with Crippen LogP contribution in [0.2, 0.25) is 0 Å². The van der Waals surface area contributed by atoms with Crippen LogP contribution in [0.15, 0.2) is 4.99 Å². The number of aliphatic imine (C=N–C) groups is 1. The third kappa shape index (κ3) is 1.71. The first-order valence-corrected chi connectivity index (χ1v) is 8.80. The molecule has 2 heterocycles. The number of nitrogens with zero attached hydrogens (tertiary/aromatic N) is 1. The van der Waals surface area contributed by atoms with Gasteiger partial charge in [-0.2, -0.15) is 0 Å². The van der Waals surface area contributed by atoms with Crippen LogP contribution in [0.5, 0.6) is 0 Å². The smallest absolute Gasteiger partial charge is 0.253 e. The molecular formula is C17H25N3O. The summed E-state index contributed by atoms with van der Waals surface area (Å²) in [7, 11) is 0. The monoisotopic (exact) mass is 287 g/mol. The molecule has 1 amide bonds. The summed E-state index contributed by atoms with van der Waals surface area (Å²) in [6.45, 7) is 1.84. The quantitative estimate of drug-likeness (QED) is 0.773. The number of hydrogen-bond acceptors (Lipinski definition) is 3. The van der Waals surface area contributed by atoms with Gasteiger partial charge in [0, 0.05) is 5.41 Å². The Morgan fingerprint density at radius 2 is 1.52 bits per heavy atom. The highest BCUT2D eigenvalue weighted by Crippen LogP contribution is 2.60. The van der Waals surface area contributed by atoms with E-state index in [0.717, 1.165) is 49.5 Å². The average molecular weight is 287 g/mol. The Kier molecular flexibility index (Phi) is 2.46. The molecule has 2 aliphatic heterocycles. The summed E-state index contributed by atoms with van der Waals surface area (Å²) < 4.78 is 0. The van der Waals surface area contributed by atoms with E-state index in [9.17, 15) is 4.79 Å². The highest BCUT2D eigenvalue weighted by atomic mass is 16.2. The van der Waals surface area contributed by atoms with Gasteiger partial charge in [0.25, 0.3) is 5.91 Å². The maximum Gasteiger partial charge on any atom is 0.253 e. The molecule has 6 rings (SSSR count). The SMILES string of the molecule is O=C1NC(C23CC4CC(CC(C4)C2)C3)=NC12CCNCC2. The molecule has 2 N–H and O–H groups in total. The first-order chi connectivity index (χ1) is 10.2. The van der Waals surface area contributed by atoms with Crippen molar-refractivity contribution < 1.29 is 4.79 Å². The highest BCUT2D eigenvalue weighted by Gasteiger charge is 2.57. The lowest BCUT2D eigenvalue weighted by Crippen LogP contribution is -2.53. The van der Waals surface area contributed by atoms with Crippen LogP contribution in [-0.2, 0) is 4.79 Å². The van der Waals surface area contributed by atoms with E-state index >= 15 is 0 Å². The lowest BCUT2D eigenvalue weighted by atomic mass is 9.49. The molecule has 0 unspecified atom stereocenters. The van der Waals surface area contributed by atoms with Crippen molar-refractivity contribution in [1.29, 1.82) is 0 Å². The number of carbonyl (C=O) groups excluding carboxylic acids is 1. The molecule has 4 heteroatoms. The summed E-state index contributed by atoms with van der Waals surface area (Å²) in [6, 6.07) is 0. The van der Waals surface area contributed by atoms with E-state index in [1.54, 1.807) is 0 Å². The van der Waals surface area contributed by atoms with Gasteiger partial charge in [0.1, 0.15) is 11.4 Å². The van der Waals surface area contributed by atoms with E-state index in [4.69, 9.17) is 4.99 Å². The van der Waals surface area contributed by atoms with Crippen LogP contribution >= 0.6 is 0 Å². The third-order valence-corrected chi connectivity index (χ3v) is 6.95. The second-order valence-corrected chi connectivity index (χ2v) is 8.39. The average Bonchev–Trinajstić information content (AvgIpc) is 2.76. The second-order valence-electron chi connectivity index (χ2n) is 8.39. The van der Waals surface area contributed by atoms with E-state index in [2.05, 4.69) is 10.6 Å². The van der Waals surface area contributed by atoms with E-state index in [1.165, 1.54) is 38.5 Å². The van der Waals surface area contributed by atoms with Crippen molar-refractivity contribution in [3.05, 3.63) is 0 Å². The molecule has 21 heavy (non-hydrogen) atoms. The van der Waals surface area contributed by atoms with Gasteiger partial charge in [-0.3, -0.25) is 9.79 Å². The summed E-state index contributed by atoms with van der Waals surface area (Å²) >= 11 is 0. The molecule has 1 saturated heterocycles. The molecule has 0 aromatic rings. The van der Waals surface area contributed by atoms with Crippen LogP contribution in [0.4, 0.5) is 0 Å². The lowest BCUT2D eigenvalue weighted by Gasteiger charge is -2.56. The van der Waals surface area contributed by atoms with E-state index in [0.29, 0.717) is 0 Å². The largest absolute Gasteiger partial charge is 0.317 e. The van der Waals surface area contributed by atoms with Crippen molar-refractivity contribution in [1.82, 2.24) is 10.6 Å². The molecule has 4 saturated carbocycles. The van der Waals surface area contributed by atoms with Crippen molar-refractivity contribution in [2.75, 3.05) is 13.1 Å². The summed E-state index contributed by atoms with van der Waals surface area (Å²) in [6.07, 6.45) is 9.91. The molecule has 5 fully saturated rings. The van der Waals surface area contributed by atoms with Crippen LogP contribution in [0.3, 0.4) is 0 Å². The number of hydrogen-bond donors (Lipinski definition) is 2. The number of carbonyl (C=O) groups is 1. The van der Waals surface area contributed by atoms with Gasteiger partial charge in [-0.15, -0.1) is 0 Å². The van der Waals surface area contributed by atoms with Crippen molar-refractivity contribution in [3.63, 3.8) is 0 Å². The van der Waals surface area contributed by atoms with Gasteiger partial charge in [-0.1, -0.05) is 0 Å². The number of amidine groups is 1. The number of nitrogens with one attached hydrogen (secondary N) is 2. The fourth-order valence-electron chi connectivity index (χ4n) is 6.35. The molecule has 0 atom stereocenters. The van der Waals surface area contributed by atoms with E-state index in [-0.39, 0.29) is 11.3 Å². The van der Waals surface area contributed by atoms with Crippen LogP contribution in [0.1, 0.15) is 51.4 Å². The highest BCUT2D eigenvalue weighted by molar-refractivity contribution is 6.10. The zero-order chi connectivity index (χ0) is 14.1. The maximum absolute atomic E-state index is 12.6. The molecule has 0 aromatic heterocycles. The summed E-state index contributed by atoms with van der Waals surface area (Å²) in [5, 5.41) is 6.61. The van der Waals surface area contributed by atoms with Gasteiger partial charge >= 0.3 is 0 Å². The van der Waals surface area contributed by atoms with Gasteiger partial charge in [-0.05, 0) is 82.2 Å². The zero-order valence-corrected chi connectivity index (χ0v) is 12.7. The molecule has 0 radical (unpaired) electrons. The second kappa shape index (κ2) is 4.09. The standard InChI is InChI=1S/C17H25N3O/c21-15-17(1-3-18-4-2-17)20-14(19-15)16-8-11-5-12(9-16)7-13(6-11)10-16/h11-13,18H,1-10H2,(H,19,20,21). The van der Waals surface area contributed by atoms with Crippen molar-refractivity contribution in [2.45, 2.75) is 56.9 Å². The first kappa shape index (κ1) is 12.6. The molecule has 0 aromatic carbocycles. The maximum atomic E-state index is 12.6. The van der Waals surface area contributed by atoms with E-state index < -0.39 is 5.54 Å². The van der Waals surface area contributed by atoms with Crippen molar-refractivity contribution in [2.24, 2.45) is 28.2 Å². The van der Waals surface area contributed by atoms with Crippen LogP contribution in [0.25, 0.3) is 0 Å². The Bertz CT molecular complexity index is 483. The number of piperidine rings is 1. The molecule has 1 spiro atoms. The van der Waals surface area contributed by atoms with Gasteiger partial charge in [-0.25, -0.2) is 0 Å². The summed E-state index contributed by atoms with van der Waals surface area (Å²) in [5.41, 5.74) is -0.192. The lowest BCUT2D eigenvalue weighted by molar-refractivity contribution is -0.124. The Morgan fingerprint density at radius 3 is 2.10 bits per heavy atom. The van der Waals surface area contributed by atoms with Gasteiger partial charge in [0.15, 0.2) is 0 Å². The molecule has 6 aliphatic rings. The zero-order valence-electron chi connectivity index (χ0n) is 12.7. The Morgan fingerprint density at radius 1 is 0.952 bits per heavy atom. The van der Waals surface area contributed by atoms with Gasteiger partial charge < -0.3 is 10.6 Å². The Balaban J connectivity index is 1.50. The van der Waals surface area contributed by atoms with Crippen molar-refractivity contribution >= 4 is 11.7 Å². The summed E-state index contributed by atoms with van der Waals surface area (Å²) in [4.78, 5) is 17.7. The minimum absolute atomic E-state index is 0.190. The molecule has 114 valence electrons. The summed E-state index contributed by atoms with van der Waals surface area (Å²) in [5.74, 6) is 3.99. The molecular weight excluding hydrogens is 262 g/mol.